The van der Waals surface area contributed by atoms with Crippen LogP contribution in [-0.2, 0) is 16.6 Å². The molecule has 1 aromatic heterocycles. The van der Waals surface area contributed by atoms with Crippen molar-refractivity contribution < 1.29 is 12.8 Å². The first-order valence-electron chi connectivity index (χ1n) is 6.65. The van der Waals surface area contributed by atoms with Gasteiger partial charge < -0.3 is 0 Å². The number of hydrogen-bond donors (Lipinski definition) is 0. The van der Waals surface area contributed by atoms with Crippen molar-refractivity contribution in [1.29, 1.82) is 0 Å². The molecule has 0 atom stereocenters. The number of rotatable bonds is 5. The quantitative estimate of drug-likeness (QED) is 0.849. The third-order valence-electron chi connectivity index (χ3n) is 3.46. The highest BCUT2D eigenvalue weighted by Gasteiger charge is 2.38. The minimum Gasteiger partial charge on any atom is -0.248 e. The van der Waals surface area contributed by atoms with Crippen molar-refractivity contribution in [1.82, 2.24) is 9.29 Å². The third kappa shape index (κ3) is 3.00. The van der Waals surface area contributed by atoms with Gasteiger partial charge in [-0.05, 0) is 43.5 Å². The van der Waals surface area contributed by atoms with E-state index in [0.717, 1.165) is 17.8 Å². The van der Waals surface area contributed by atoms with E-state index in [1.54, 1.807) is 13.1 Å². The summed E-state index contributed by atoms with van der Waals surface area (Å²) in [4.78, 5) is 4.30. The molecule has 0 saturated heterocycles. The fourth-order valence-electron chi connectivity index (χ4n) is 2.15. The minimum atomic E-state index is -3.62. The zero-order chi connectivity index (χ0) is 15.0. The highest BCUT2D eigenvalue weighted by atomic mass is 32.2. The Kier molecular flexibility index (Phi) is 3.81. The van der Waals surface area contributed by atoms with Crippen LogP contribution in [0, 0.1) is 12.7 Å². The van der Waals surface area contributed by atoms with Gasteiger partial charge in [-0.15, -0.1) is 11.3 Å². The Morgan fingerprint density at radius 3 is 2.76 bits per heavy atom. The van der Waals surface area contributed by atoms with Crippen molar-refractivity contribution in [2.45, 2.75) is 37.2 Å². The molecule has 0 amide bonds. The number of benzene rings is 1. The highest BCUT2D eigenvalue weighted by Crippen LogP contribution is 2.34. The van der Waals surface area contributed by atoms with E-state index in [0.29, 0.717) is 5.56 Å². The first kappa shape index (κ1) is 14.6. The van der Waals surface area contributed by atoms with Gasteiger partial charge in [0.2, 0.25) is 10.0 Å². The Morgan fingerprint density at radius 2 is 2.19 bits per heavy atom. The summed E-state index contributed by atoms with van der Waals surface area (Å²) < 4.78 is 40.4. The van der Waals surface area contributed by atoms with Crippen LogP contribution in [0.1, 0.15) is 23.4 Å². The van der Waals surface area contributed by atoms with Crippen LogP contribution in [0.15, 0.2) is 34.7 Å². The normalized spacial score (nSPS) is 15.6. The molecule has 1 heterocycles. The molecule has 112 valence electrons. The molecule has 2 aromatic rings. The number of thiazole rings is 1. The summed E-state index contributed by atoms with van der Waals surface area (Å²) in [5.74, 6) is -0.396. The summed E-state index contributed by atoms with van der Waals surface area (Å²) >= 11 is 1.44. The monoisotopic (exact) mass is 326 g/mol. The standard InChI is InChI=1S/C14H15FN2O2S2/c1-10-8-12(4-5-13(10)15)21(18,19)17(11-2-3-11)9-14-16-6-7-20-14/h4-8,11H,2-3,9H2,1H3. The van der Waals surface area contributed by atoms with E-state index in [9.17, 15) is 12.8 Å². The second-order valence-corrected chi connectivity index (χ2v) is 7.99. The fraction of sp³-hybridized carbons (Fsp3) is 0.357. The first-order chi connectivity index (χ1) is 9.98. The molecule has 0 spiro atoms. The maximum atomic E-state index is 13.3. The lowest BCUT2D eigenvalue weighted by Crippen LogP contribution is -2.32. The predicted molar refractivity (Wildman–Crippen MR) is 79.0 cm³/mol. The van der Waals surface area contributed by atoms with Gasteiger partial charge in [-0.2, -0.15) is 4.31 Å². The van der Waals surface area contributed by atoms with E-state index in [4.69, 9.17) is 0 Å². The molecule has 0 radical (unpaired) electrons. The Bertz CT molecular complexity index is 740. The summed E-state index contributed by atoms with van der Waals surface area (Å²) in [6.45, 7) is 1.84. The van der Waals surface area contributed by atoms with Crippen molar-refractivity contribution in [2.75, 3.05) is 0 Å². The predicted octanol–water partition coefficient (Wildman–Crippen LogP) is 2.94. The molecule has 7 heteroatoms. The van der Waals surface area contributed by atoms with Crippen molar-refractivity contribution in [3.63, 3.8) is 0 Å². The molecular weight excluding hydrogens is 311 g/mol. The molecule has 1 aromatic carbocycles. The lowest BCUT2D eigenvalue weighted by molar-refractivity contribution is 0.398. The van der Waals surface area contributed by atoms with Crippen LogP contribution in [0.2, 0.25) is 0 Å². The molecule has 1 fully saturated rings. The van der Waals surface area contributed by atoms with Gasteiger partial charge in [0, 0.05) is 17.6 Å². The summed E-state index contributed by atoms with van der Waals surface area (Å²) in [7, 11) is -3.62. The lowest BCUT2D eigenvalue weighted by Gasteiger charge is -2.21. The van der Waals surface area contributed by atoms with Crippen LogP contribution >= 0.6 is 11.3 Å². The number of sulfonamides is 1. The van der Waals surface area contributed by atoms with Crippen LogP contribution in [0.3, 0.4) is 0 Å². The summed E-state index contributed by atoms with van der Waals surface area (Å²) in [5, 5.41) is 2.60. The molecule has 0 unspecified atom stereocenters. The van der Waals surface area contributed by atoms with Crippen LogP contribution < -0.4 is 0 Å². The molecule has 3 rings (SSSR count). The van der Waals surface area contributed by atoms with E-state index in [1.807, 2.05) is 5.38 Å². The number of hydrogen-bond acceptors (Lipinski definition) is 4. The Hall–Kier alpha value is -1.31. The largest absolute Gasteiger partial charge is 0.248 e. The van der Waals surface area contributed by atoms with Gasteiger partial charge in [0.1, 0.15) is 10.8 Å². The fourth-order valence-corrected chi connectivity index (χ4v) is 4.58. The Balaban J connectivity index is 1.95. The van der Waals surface area contributed by atoms with Gasteiger partial charge in [0.25, 0.3) is 0 Å². The summed E-state index contributed by atoms with van der Waals surface area (Å²) in [6.07, 6.45) is 3.40. The van der Waals surface area contributed by atoms with Crippen molar-refractivity contribution >= 4 is 21.4 Å². The molecule has 0 N–H and O–H groups in total. The second-order valence-electron chi connectivity index (χ2n) is 5.12. The molecule has 0 aliphatic heterocycles. The summed E-state index contributed by atoms with van der Waals surface area (Å²) in [5.41, 5.74) is 0.334. The Labute approximate surface area is 127 Å². The zero-order valence-corrected chi connectivity index (χ0v) is 13.1. The van der Waals surface area contributed by atoms with Gasteiger partial charge in [-0.1, -0.05) is 0 Å². The molecule has 4 nitrogen and oxygen atoms in total. The van der Waals surface area contributed by atoms with Crippen LogP contribution in [0.4, 0.5) is 4.39 Å². The van der Waals surface area contributed by atoms with Gasteiger partial charge in [0.15, 0.2) is 0 Å². The van der Waals surface area contributed by atoms with Gasteiger partial charge in [0.05, 0.1) is 11.4 Å². The zero-order valence-electron chi connectivity index (χ0n) is 11.5. The van der Waals surface area contributed by atoms with Gasteiger partial charge >= 0.3 is 0 Å². The van der Waals surface area contributed by atoms with Crippen LogP contribution in [0.5, 0.6) is 0 Å². The molecule has 1 aliphatic carbocycles. The van der Waals surface area contributed by atoms with Crippen molar-refractivity contribution in [2.24, 2.45) is 0 Å². The number of nitrogens with zero attached hydrogens (tertiary/aromatic N) is 2. The van der Waals surface area contributed by atoms with E-state index in [2.05, 4.69) is 4.98 Å². The highest BCUT2D eigenvalue weighted by molar-refractivity contribution is 7.89. The first-order valence-corrected chi connectivity index (χ1v) is 8.97. The van der Waals surface area contributed by atoms with E-state index in [-0.39, 0.29) is 17.5 Å². The maximum Gasteiger partial charge on any atom is 0.243 e. The second kappa shape index (κ2) is 5.47. The van der Waals surface area contributed by atoms with Gasteiger partial charge in [-0.25, -0.2) is 17.8 Å². The van der Waals surface area contributed by atoms with E-state index < -0.39 is 15.8 Å². The number of aromatic nitrogens is 1. The molecular formula is C14H15FN2O2S2. The van der Waals surface area contributed by atoms with E-state index in [1.165, 1.54) is 33.8 Å². The SMILES string of the molecule is Cc1cc(S(=O)(=O)N(Cc2nccs2)C2CC2)ccc1F. The minimum absolute atomic E-state index is 0.0317. The smallest absolute Gasteiger partial charge is 0.243 e. The summed E-state index contributed by atoms with van der Waals surface area (Å²) in [6, 6.07) is 3.96. The average Bonchev–Trinajstić information content (AvgIpc) is 3.15. The number of halogens is 1. The maximum absolute atomic E-state index is 13.3. The van der Waals surface area contributed by atoms with Crippen molar-refractivity contribution in [3.05, 3.63) is 46.2 Å². The van der Waals surface area contributed by atoms with Crippen LogP contribution in [0.25, 0.3) is 0 Å². The topological polar surface area (TPSA) is 50.3 Å². The molecule has 1 saturated carbocycles. The molecule has 1 aliphatic rings. The van der Waals surface area contributed by atoms with Gasteiger partial charge in [-0.3, -0.25) is 0 Å². The Morgan fingerprint density at radius 1 is 1.43 bits per heavy atom. The molecule has 0 bridgehead atoms. The molecule has 21 heavy (non-hydrogen) atoms. The van der Waals surface area contributed by atoms with Crippen molar-refractivity contribution in [3.8, 4) is 0 Å². The van der Waals surface area contributed by atoms with Crippen LogP contribution in [-0.4, -0.2) is 23.7 Å². The average molecular weight is 326 g/mol. The lowest BCUT2D eigenvalue weighted by atomic mass is 10.2. The number of aryl methyl sites for hydroxylation is 1. The third-order valence-corrected chi connectivity index (χ3v) is 6.12. The van der Waals surface area contributed by atoms with E-state index >= 15 is 0 Å².